The van der Waals surface area contributed by atoms with Crippen molar-refractivity contribution in [1.29, 1.82) is 0 Å². The minimum atomic E-state index is 0.435. The molecule has 0 heterocycles. The van der Waals surface area contributed by atoms with Gasteiger partial charge >= 0.3 is 0 Å². The van der Waals surface area contributed by atoms with Crippen molar-refractivity contribution < 1.29 is 4.48 Å². The summed E-state index contributed by atoms with van der Waals surface area (Å²) in [5.41, 5.74) is 0.435. The standard InChI is InChI=1S/C14H32N/c1-7-9-11-12-14(3,4)15(5,6)13-10-8-2/h7-13H2,1-6H3/q+1. The molecule has 0 atom stereocenters. The topological polar surface area (TPSA) is 0 Å². The maximum absolute atomic E-state index is 2.43. The van der Waals surface area contributed by atoms with Crippen molar-refractivity contribution in [3.05, 3.63) is 0 Å². The zero-order chi connectivity index (χ0) is 11.9. The van der Waals surface area contributed by atoms with Crippen LogP contribution in [-0.2, 0) is 0 Å². The maximum Gasteiger partial charge on any atom is 0.0931 e. The number of rotatable bonds is 8. The van der Waals surface area contributed by atoms with Gasteiger partial charge in [-0.05, 0) is 26.7 Å². The molecule has 0 aromatic heterocycles. The van der Waals surface area contributed by atoms with Crippen LogP contribution in [0, 0.1) is 0 Å². The van der Waals surface area contributed by atoms with Gasteiger partial charge in [0, 0.05) is 6.42 Å². The Morgan fingerprint density at radius 2 is 1.40 bits per heavy atom. The molecule has 0 aliphatic heterocycles. The van der Waals surface area contributed by atoms with Crippen molar-refractivity contribution in [3.8, 4) is 0 Å². The molecule has 15 heavy (non-hydrogen) atoms. The quantitative estimate of drug-likeness (QED) is 0.419. The maximum atomic E-state index is 2.43. The Labute approximate surface area is 97.5 Å². The van der Waals surface area contributed by atoms with E-state index in [-0.39, 0.29) is 0 Å². The predicted octanol–water partition coefficient (Wildman–Crippen LogP) is 4.22. The molecule has 0 radical (unpaired) electrons. The van der Waals surface area contributed by atoms with E-state index in [4.69, 9.17) is 0 Å². The second kappa shape index (κ2) is 6.52. The van der Waals surface area contributed by atoms with Crippen LogP contribution in [0.5, 0.6) is 0 Å². The van der Waals surface area contributed by atoms with Crippen LogP contribution in [0.2, 0.25) is 0 Å². The number of hydrogen-bond acceptors (Lipinski definition) is 0. The third-order valence-electron chi connectivity index (χ3n) is 4.10. The molecule has 0 amide bonds. The molecule has 0 N–H and O–H groups in total. The lowest BCUT2D eigenvalue weighted by Crippen LogP contribution is -2.56. The lowest BCUT2D eigenvalue weighted by Gasteiger charge is -2.45. The highest BCUT2D eigenvalue weighted by Crippen LogP contribution is 2.27. The summed E-state index contributed by atoms with van der Waals surface area (Å²) in [4.78, 5) is 0. The summed E-state index contributed by atoms with van der Waals surface area (Å²) in [5, 5.41) is 0. The first kappa shape index (κ1) is 15.0. The molecule has 0 saturated heterocycles. The molecule has 1 heteroatoms. The van der Waals surface area contributed by atoms with E-state index in [2.05, 4.69) is 41.8 Å². The molecule has 92 valence electrons. The van der Waals surface area contributed by atoms with Crippen LogP contribution in [0.3, 0.4) is 0 Å². The van der Waals surface area contributed by atoms with Gasteiger partial charge in [-0.2, -0.15) is 0 Å². The van der Waals surface area contributed by atoms with Crippen LogP contribution in [0.1, 0.15) is 66.2 Å². The normalized spacial score (nSPS) is 13.2. The first-order chi connectivity index (χ1) is 6.87. The molecule has 0 bridgehead atoms. The van der Waals surface area contributed by atoms with Gasteiger partial charge in [0.25, 0.3) is 0 Å². The molecule has 0 aromatic rings. The van der Waals surface area contributed by atoms with Crippen molar-refractivity contribution in [2.75, 3.05) is 20.6 Å². The molecule has 1 nitrogen and oxygen atoms in total. The summed E-state index contributed by atoms with van der Waals surface area (Å²) in [5.74, 6) is 0. The summed E-state index contributed by atoms with van der Waals surface area (Å²) in [6.07, 6.45) is 8.13. The molecule has 0 unspecified atom stereocenters. The Morgan fingerprint density at radius 1 is 0.867 bits per heavy atom. The third-order valence-corrected chi connectivity index (χ3v) is 4.10. The number of hydrogen-bond donors (Lipinski definition) is 0. The SMILES string of the molecule is CCCCCC(C)(C)[N+](C)(C)CCCC. The summed E-state index contributed by atoms with van der Waals surface area (Å²) in [7, 11) is 4.78. The summed E-state index contributed by atoms with van der Waals surface area (Å²) in [6, 6.07) is 0. The van der Waals surface area contributed by atoms with Crippen LogP contribution in [0.25, 0.3) is 0 Å². The minimum Gasteiger partial charge on any atom is -0.324 e. The molecule has 0 aliphatic rings. The first-order valence-electron chi connectivity index (χ1n) is 6.70. The Bertz CT molecular complexity index is 159. The summed E-state index contributed by atoms with van der Waals surface area (Å²) in [6.45, 7) is 10.7. The third kappa shape index (κ3) is 5.01. The van der Waals surface area contributed by atoms with E-state index in [1.54, 1.807) is 0 Å². The van der Waals surface area contributed by atoms with E-state index in [0.717, 1.165) is 0 Å². The fourth-order valence-corrected chi connectivity index (χ4v) is 1.97. The van der Waals surface area contributed by atoms with Crippen LogP contribution in [0.4, 0.5) is 0 Å². The summed E-state index contributed by atoms with van der Waals surface area (Å²) >= 11 is 0. The van der Waals surface area contributed by atoms with E-state index in [1.807, 2.05) is 0 Å². The van der Waals surface area contributed by atoms with E-state index < -0.39 is 0 Å². The molecule has 0 saturated carbocycles. The van der Waals surface area contributed by atoms with Crippen LogP contribution < -0.4 is 0 Å². The highest BCUT2D eigenvalue weighted by atomic mass is 15.4. The molecule has 0 rings (SSSR count). The van der Waals surface area contributed by atoms with Crippen molar-refractivity contribution in [1.82, 2.24) is 0 Å². The molecular formula is C14H32N+. The number of nitrogens with zero attached hydrogens (tertiary/aromatic N) is 1. The van der Waals surface area contributed by atoms with Crippen molar-refractivity contribution >= 4 is 0 Å². The average Bonchev–Trinajstić information content (AvgIpc) is 2.15. The van der Waals surface area contributed by atoms with Crippen LogP contribution in [0.15, 0.2) is 0 Å². The van der Waals surface area contributed by atoms with E-state index in [9.17, 15) is 0 Å². The molecule has 0 fully saturated rings. The van der Waals surface area contributed by atoms with Crippen LogP contribution >= 0.6 is 0 Å². The highest BCUT2D eigenvalue weighted by Gasteiger charge is 2.34. The van der Waals surface area contributed by atoms with Gasteiger partial charge in [-0.15, -0.1) is 0 Å². The average molecular weight is 214 g/mol. The van der Waals surface area contributed by atoms with Gasteiger partial charge in [0.1, 0.15) is 0 Å². The van der Waals surface area contributed by atoms with E-state index in [0.29, 0.717) is 5.54 Å². The van der Waals surface area contributed by atoms with E-state index in [1.165, 1.54) is 49.6 Å². The number of unbranched alkanes of at least 4 members (excludes halogenated alkanes) is 3. The Hall–Kier alpha value is -0.0400. The smallest absolute Gasteiger partial charge is 0.0931 e. The Balaban J connectivity index is 4.14. The van der Waals surface area contributed by atoms with Gasteiger partial charge in [-0.25, -0.2) is 0 Å². The second-order valence-electron chi connectivity index (χ2n) is 6.03. The Kier molecular flexibility index (Phi) is 6.51. The second-order valence-corrected chi connectivity index (χ2v) is 6.03. The van der Waals surface area contributed by atoms with Gasteiger partial charge in [0.05, 0.1) is 26.2 Å². The monoisotopic (exact) mass is 214 g/mol. The Morgan fingerprint density at radius 3 is 1.87 bits per heavy atom. The largest absolute Gasteiger partial charge is 0.324 e. The lowest BCUT2D eigenvalue weighted by molar-refractivity contribution is -0.938. The highest BCUT2D eigenvalue weighted by molar-refractivity contribution is 4.69. The molecule has 0 spiro atoms. The van der Waals surface area contributed by atoms with Crippen molar-refractivity contribution in [2.45, 2.75) is 71.8 Å². The molecule has 0 aliphatic carbocycles. The number of quaternary nitrogens is 1. The summed E-state index contributed by atoms with van der Waals surface area (Å²) < 4.78 is 1.17. The van der Waals surface area contributed by atoms with Gasteiger partial charge in [0.2, 0.25) is 0 Å². The molecular weight excluding hydrogens is 182 g/mol. The minimum absolute atomic E-state index is 0.435. The predicted molar refractivity (Wildman–Crippen MR) is 70.1 cm³/mol. The van der Waals surface area contributed by atoms with Gasteiger partial charge < -0.3 is 4.48 Å². The fourth-order valence-electron chi connectivity index (χ4n) is 1.97. The fraction of sp³-hybridized carbons (Fsp3) is 1.00. The lowest BCUT2D eigenvalue weighted by atomic mass is 9.92. The molecule has 0 aromatic carbocycles. The zero-order valence-corrected chi connectivity index (χ0v) is 11.9. The van der Waals surface area contributed by atoms with Crippen LogP contribution in [-0.4, -0.2) is 30.7 Å². The van der Waals surface area contributed by atoms with Crippen molar-refractivity contribution in [3.63, 3.8) is 0 Å². The van der Waals surface area contributed by atoms with Gasteiger partial charge in [-0.3, -0.25) is 0 Å². The van der Waals surface area contributed by atoms with E-state index >= 15 is 0 Å². The zero-order valence-electron chi connectivity index (χ0n) is 11.9. The first-order valence-corrected chi connectivity index (χ1v) is 6.70. The van der Waals surface area contributed by atoms with Crippen molar-refractivity contribution in [2.24, 2.45) is 0 Å². The van der Waals surface area contributed by atoms with Gasteiger partial charge in [0.15, 0.2) is 0 Å². The van der Waals surface area contributed by atoms with Gasteiger partial charge in [-0.1, -0.05) is 33.1 Å².